The molecule has 0 saturated heterocycles. The monoisotopic (exact) mass is 240 g/mol. The summed E-state index contributed by atoms with van der Waals surface area (Å²) in [4.78, 5) is 14.7. The second kappa shape index (κ2) is 5.89. The van der Waals surface area contributed by atoms with Crippen molar-refractivity contribution in [3.63, 3.8) is 0 Å². The van der Waals surface area contributed by atoms with Crippen molar-refractivity contribution in [1.29, 1.82) is 5.26 Å². The largest absolute Gasteiger partial charge is 0.466 e. The molecule has 0 saturated carbocycles. The van der Waals surface area contributed by atoms with Gasteiger partial charge in [-0.05, 0) is 19.1 Å². The van der Waals surface area contributed by atoms with Crippen LogP contribution >= 0.6 is 0 Å². The minimum Gasteiger partial charge on any atom is -0.466 e. The van der Waals surface area contributed by atoms with E-state index in [1.165, 1.54) is 12.1 Å². The Balaban J connectivity index is 2.93. The highest BCUT2D eigenvalue weighted by molar-refractivity contribution is 5.72. The van der Waals surface area contributed by atoms with Gasteiger partial charge in [0.2, 0.25) is 0 Å². The fourth-order valence-electron chi connectivity index (χ4n) is 1.24. The van der Waals surface area contributed by atoms with E-state index in [0.717, 1.165) is 0 Å². The molecule has 17 heavy (non-hydrogen) atoms. The third-order valence-corrected chi connectivity index (χ3v) is 1.94. The van der Waals surface area contributed by atoms with Crippen LogP contribution in [0.15, 0.2) is 12.1 Å². The Morgan fingerprint density at radius 1 is 1.59 bits per heavy atom. The second-order valence-electron chi connectivity index (χ2n) is 3.13. The molecule has 0 aliphatic carbocycles. The third-order valence-electron chi connectivity index (χ3n) is 1.94. The number of hydrogen-bond donors (Lipinski definition) is 0. The molecule has 0 radical (unpaired) electrons. The molecule has 0 aromatic carbocycles. The molecule has 0 bridgehead atoms. The van der Waals surface area contributed by atoms with Crippen LogP contribution in [-0.2, 0) is 16.0 Å². The predicted octanol–water partition coefficient (Wildman–Crippen LogP) is 2.00. The number of esters is 1. The zero-order valence-electron chi connectivity index (χ0n) is 9.11. The molecule has 0 N–H and O–H groups in total. The van der Waals surface area contributed by atoms with Gasteiger partial charge in [-0.2, -0.15) is 5.26 Å². The van der Waals surface area contributed by atoms with Gasteiger partial charge in [-0.15, -0.1) is 0 Å². The molecular formula is C11H10F2N2O2. The number of hydrogen-bond acceptors (Lipinski definition) is 4. The summed E-state index contributed by atoms with van der Waals surface area (Å²) in [6.07, 6.45) is -3.02. The number of carbonyl (C=O) groups is 1. The van der Waals surface area contributed by atoms with Crippen LogP contribution in [0.25, 0.3) is 0 Å². The normalized spacial score (nSPS) is 10.1. The SMILES string of the molecule is CCOC(=O)Cc1ccc(C#N)c(C(F)F)n1. The molecule has 0 spiro atoms. The summed E-state index contributed by atoms with van der Waals surface area (Å²) in [5.41, 5.74) is -0.625. The van der Waals surface area contributed by atoms with E-state index in [0.29, 0.717) is 0 Å². The summed E-state index contributed by atoms with van der Waals surface area (Å²) in [6.45, 7) is 1.87. The summed E-state index contributed by atoms with van der Waals surface area (Å²) in [6, 6.07) is 4.21. The van der Waals surface area contributed by atoms with E-state index in [-0.39, 0.29) is 24.3 Å². The van der Waals surface area contributed by atoms with Crippen molar-refractivity contribution in [1.82, 2.24) is 4.98 Å². The molecule has 0 fully saturated rings. The highest BCUT2D eigenvalue weighted by Gasteiger charge is 2.16. The maximum Gasteiger partial charge on any atom is 0.311 e. The number of pyridine rings is 1. The molecule has 1 aromatic heterocycles. The number of rotatable bonds is 4. The van der Waals surface area contributed by atoms with Crippen LogP contribution in [0.4, 0.5) is 8.78 Å². The fourth-order valence-corrected chi connectivity index (χ4v) is 1.24. The van der Waals surface area contributed by atoms with Gasteiger partial charge >= 0.3 is 5.97 Å². The smallest absolute Gasteiger partial charge is 0.311 e. The van der Waals surface area contributed by atoms with Crippen molar-refractivity contribution in [3.8, 4) is 6.07 Å². The first kappa shape index (κ1) is 13.0. The van der Waals surface area contributed by atoms with Gasteiger partial charge in [0, 0.05) is 0 Å². The lowest BCUT2D eigenvalue weighted by Crippen LogP contribution is -2.10. The Bertz CT molecular complexity index is 455. The first-order valence-corrected chi connectivity index (χ1v) is 4.92. The number of carbonyl (C=O) groups excluding carboxylic acids is 1. The van der Waals surface area contributed by atoms with E-state index in [1.807, 2.05) is 0 Å². The maximum atomic E-state index is 12.6. The van der Waals surface area contributed by atoms with Gasteiger partial charge in [0.1, 0.15) is 11.8 Å². The summed E-state index contributed by atoms with van der Waals surface area (Å²) < 4.78 is 29.8. The van der Waals surface area contributed by atoms with Crippen molar-refractivity contribution >= 4 is 5.97 Å². The zero-order valence-corrected chi connectivity index (χ0v) is 9.11. The summed E-state index contributed by atoms with van der Waals surface area (Å²) in [5.74, 6) is -0.537. The predicted molar refractivity (Wildman–Crippen MR) is 54.2 cm³/mol. The van der Waals surface area contributed by atoms with E-state index >= 15 is 0 Å². The quantitative estimate of drug-likeness (QED) is 0.755. The van der Waals surface area contributed by atoms with Gasteiger partial charge in [0.05, 0.1) is 24.3 Å². The number of nitriles is 1. The Hall–Kier alpha value is -2.03. The molecule has 0 aliphatic rings. The Morgan fingerprint density at radius 3 is 2.82 bits per heavy atom. The molecule has 90 valence electrons. The lowest BCUT2D eigenvalue weighted by atomic mass is 10.1. The van der Waals surface area contributed by atoms with Crippen LogP contribution in [0.3, 0.4) is 0 Å². The van der Waals surface area contributed by atoms with E-state index in [9.17, 15) is 13.6 Å². The Morgan fingerprint density at radius 2 is 2.29 bits per heavy atom. The van der Waals surface area contributed by atoms with E-state index in [1.54, 1.807) is 13.0 Å². The van der Waals surface area contributed by atoms with Gasteiger partial charge in [0.15, 0.2) is 0 Å². The second-order valence-corrected chi connectivity index (χ2v) is 3.13. The van der Waals surface area contributed by atoms with Crippen molar-refractivity contribution in [2.24, 2.45) is 0 Å². The minimum absolute atomic E-state index is 0.165. The molecule has 1 heterocycles. The number of alkyl halides is 2. The van der Waals surface area contributed by atoms with Crippen LogP contribution in [0, 0.1) is 11.3 Å². The van der Waals surface area contributed by atoms with E-state index in [4.69, 9.17) is 5.26 Å². The van der Waals surface area contributed by atoms with Gasteiger partial charge in [-0.3, -0.25) is 4.79 Å². The van der Waals surface area contributed by atoms with Crippen molar-refractivity contribution < 1.29 is 18.3 Å². The fraction of sp³-hybridized carbons (Fsp3) is 0.364. The van der Waals surface area contributed by atoms with Crippen LogP contribution in [0.1, 0.15) is 30.3 Å². The molecule has 4 nitrogen and oxygen atoms in total. The van der Waals surface area contributed by atoms with Crippen molar-refractivity contribution in [3.05, 3.63) is 29.1 Å². The van der Waals surface area contributed by atoms with Gasteiger partial charge in [0.25, 0.3) is 6.43 Å². The summed E-state index contributed by atoms with van der Waals surface area (Å²) >= 11 is 0. The van der Waals surface area contributed by atoms with E-state index in [2.05, 4.69) is 9.72 Å². The van der Waals surface area contributed by atoms with Gasteiger partial charge in [-0.1, -0.05) is 0 Å². The van der Waals surface area contributed by atoms with Crippen molar-refractivity contribution in [2.75, 3.05) is 6.61 Å². The lowest BCUT2D eigenvalue weighted by Gasteiger charge is -2.05. The van der Waals surface area contributed by atoms with Crippen LogP contribution < -0.4 is 0 Å². The molecule has 1 aromatic rings. The van der Waals surface area contributed by atoms with Gasteiger partial charge in [-0.25, -0.2) is 13.8 Å². The van der Waals surface area contributed by atoms with Gasteiger partial charge < -0.3 is 4.74 Å². The highest BCUT2D eigenvalue weighted by atomic mass is 19.3. The lowest BCUT2D eigenvalue weighted by molar-refractivity contribution is -0.142. The molecule has 1 rings (SSSR count). The molecule has 6 heteroatoms. The number of ether oxygens (including phenoxy) is 1. The average Bonchev–Trinajstić information content (AvgIpc) is 2.29. The number of aromatic nitrogens is 1. The van der Waals surface area contributed by atoms with Crippen LogP contribution in [0.2, 0.25) is 0 Å². The molecule has 0 aliphatic heterocycles. The summed E-state index contributed by atoms with van der Waals surface area (Å²) in [7, 11) is 0. The first-order chi connectivity index (χ1) is 8.08. The van der Waals surface area contributed by atoms with E-state index < -0.39 is 18.1 Å². The summed E-state index contributed by atoms with van der Waals surface area (Å²) in [5, 5.41) is 8.61. The van der Waals surface area contributed by atoms with Crippen LogP contribution in [-0.4, -0.2) is 17.6 Å². The standard InChI is InChI=1S/C11H10F2N2O2/c1-2-17-9(16)5-8-4-3-7(6-14)10(15-8)11(12)13/h3-4,11H,2,5H2,1H3. The Labute approximate surface area is 96.8 Å². The zero-order chi connectivity index (χ0) is 12.8. The number of halogens is 2. The van der Waals surface area contributed by atoms with Crippen molar-refractivity contribution in [2.45, 2.75) is 19.8 Å². The Kier molecular flexibility index (Phi) is 4.52. The molecule has 0 unspecified atom stereocenters. The maximum absolute atomic E-state index is 12.6. The van der Waals surface area contributed by atoms with Crippen LogP contribution in [0.5, 0.6) is 0 Å². The first-order valence-electron chi connectivity index (χ1n) is 4.92. The number of nitrogens with zero attached hydrogens (tertiary/aromatic N) is 2. The minimum atomic E-state index is -2.84. The highest BCUT2D eigenvalue weighted by Crippen LogP contribution is 2.20. The third kappa shape index (κ3) is 3.48. The topological polar surface area (TPSA) is 63.0 Å². The average molecular weight is 240 g/mol. The molecule has 0 amide bonds. The molecular weight excluding hydrogens is 230 g/mol. The molecule has 0 atom stereocenters.